The van der Waals surface area contributed by atoms with Crippen molar-refractivity contribution in [3.63, 3.8) is 0 Å². The van der Waals surface area contributed by atoms with Crippen LogP contribution in [0.4, 0.5) is 5.82 Å². The zero-order chi connectivity index (χ0) is 10.3. The highest BCUT2D eigenvalue weighted by Crippen LogP contribution is 2.10. The van der Waals surface area contributed by atoms with Crippen molar-refractivity contribution in [2.45, 2.75) is 27.7 Å². The Morgan fingerprint density at radius 2 is 2.00 bits per heavy atom. The van der Waals surface area contributed by atoms with Gasteiger partial charge in [-0.25, -0.2) is 4.98 Å². The van der Waals surface area contributed by atoms with Gasteiger partial charge < -0.3 is 5.32 Å². The smallest absolute Gasteiger partial charge is 0.212 e. The van der Waals surface area contributed by atoms with Gasteiger partial charge in [-0.2, -0.15) is 0 Å². The van der Waals surface area contributed by atoms with Gasteiger partial charge in [0.05, 0.1) is 0 Å². The Labute approximate surface area is 79.2 Å². The number of hydrogen-bond donors (Lipinski definition) is 1. The number of nitrogens with one attached hydrogen (secondary N) is 1. The summed E-state index contributed by atoms with van der Waals surface area (Å²) >= 11 is 0. The van der Waals surface area contributed by atoms with E-state index in [0.717, 1.165) is 11.1 Å². The fourth-order valence-corrected chi connectivity index (χ4v) is 0.922. The molecule has 1 aromatic rings. The maximum atomic E-state index is 10.1. The van der Waals surface area contributed by atoms with Crippen LogP contribution in [0, 0.1) is 13.8 Å². The van der Waals surface area contributed by atoms with E-state index in [4.69, 9.17) is 0 Å². The number of carbonyl (C=O) groups excluding carboxylic acids is 1. The average molecular weight is 180 g/mol. The van der Waals surface area contributed by atoms with Crippen LogP contribution in [0.3, 0.4) is 0 Å². The van der Waals surface area contributed by atoms with Gasteiger partial charge in [-0.05, 0) is 25.0 Å². The van der Waals surface area contributed by atoms with Crippen LogP contribution in [0.2, 0.25) is 0 Å². The van der Waals surface area contributed by atoms with Gasteiger partial charge in [0, 0.05) is 6.20 Å². The van der Waals surface area contributed by atoms with Gasteiger partial charge in [-0.1, -0.05) is 19.9 Å². The predicted molar refractivity (Wildman–Crippen MR) is 54.7 cm³/mol. The minimum atomic E-state index is 0.630. The first-order valence-corrected chi connectivity index (χ1v) is 4.37. The largest absolute Gasteiger partial charge is 0.313 e. The van der Waals surface area contributed by atoms with Crippen molar-refractivity contribution >= 4 is 12.2 Å². The van der Waals surface area contributed by atoms with E-state index in [1.165, 1.54) is 0 Å². The quantitative estimate of drug-likeness (QED) is 0.709. The number of hydrogen-bond acceptors (Lipinski definition) is 2. The normalized spacial score (nSPS) is 8.31. The first-order valence-electron chi connectivity index (χ1n) is 4.37. The molecule has 0 saturated heterocycles. The lowest BCUT2D eigenvalue weighted by Gasteiger charge is -2.01. The highest BCUT2D eigenvalue weighted by Gasteiger charge is 1.96. The van der Waals surface area contributed by atoms with Gasteiger partial charge in [0.15, 0.2) is 0 Å². The number of pyridine rings is 1. The summed E-state index contributed by atoms with van der Waals surface area (Å²) in [5, 5.41) is 2.51. The van der Waals surface area contributed by atoms with Gasteiger partial charge >= 0.3 is 0 Å². The third-order valence-corrected chi connectivity index (χ3v) is 1.41. The lowest BCUT2D eigenvalue weighted by atomic mass is 10.2. The number of anilines is 1. The molecule has 0 atom stereocenters. The predicted octanol–water partition coefficient (Wildman–Crippen LogP) is 2.29. The van der Waals surface area contributed by atoms with E-state index in [0.29, 0.717) is 12.2 Å². The second kappa shape index (κ2) is 6.17. The number of aryl methyl sites for hydroxylation is 2. The second-order valence-electron chi connectivity index (χ2n) is 2.44. The fourth-order valence-electron chi connectivity index (χ4n) is 0.922. The lowest BCUT2D eigenvalue weighted by Crippen LogP contribution is -1.99. The Bertz CT molecular complexity index is 272. The van der Waals surface area contributed by atoms with E-state index in [1.807, 2.05) is 33.8 Å². The van der Waals surface area contributed by atoms with Crippen LogP contribution in [-0.2, 0) is 4.79 Å². The van der Waals surface area contributed by atoms with Crippen LogP contribution in [0.25, 0.3) is 0 Å². The number of nitrogens with zero attached hydrogens (tertiary/aromatic N) is 1. The SMILES string of the molecule is CC.Cc1cnc(NC=O)c(C)c1. The highest BCUT2D eigenvalue weighted by atomic mass is 16.1. The molecule has 13 heavy (non-hydrogen) atoms. The summed E-state index contributed by atoms with van der Waals surface area (Å²) in [6.45, 7) is 7.87. The maximum Gasteiger partial charge on any atom is 0.212 e. The molecule has 1 amide bonds. The van der Waals surface area contributed by atoms with E-state index in [-0.39, 0.29) is 0 Å². The molecule has 1 N–H and O–H groups in total. The van der Waals surface area contributed by atoms with E-state index in [2.05, 4.69) is 10.3 Å². The molecule has 0 aliphatic carbocycles. The number of aromatic nitrogens is 1. The molecule has 0 bridgehead atoms. The molecule has 3 heteroatoms. The van der Waals surface area contributed by atoms with Gasteiger partial charge in [0.1, 0.15) is 5.82 Å². The Morgan fingerprint density at radius 1 is 1.38 bits per heavy atom. The van der Waals surface area contributed by atoms with Gasteiger partial charge in [-0.15, -0.1) is 0 Å². The van der Waals surface area contributed by atoms with Crippen molar-refractivity contribution < 1.29 is 4.79 Å². The van der Waals surface area contributed by atoms with Crippen LogP contribution < -0.4 is 5.32 Å². The van der Waals surface area contributed by atoms with Crippen LogP contribution in [0.5, 0.6) is 0 Å². The molecular weight excluding hydrogens is 164 g/mol. The standard InChI is InChI=1S/C8H10N2O.C2H6/c1-6-3-7(2)8(9-4-6)10-5-11;1-2/h3-5H,1-2H3,(H,9,10,11);1-2H3. The summed E-state index contributed by atoms with van der Waals surface area (Å²) in [7, 11) is 0. The topological polar surface area (TPSA) is 42.0 Å². The zero-order valence-electron chi connectivity index (χ0n) is 8.59. The Kier molecular flexibility index (Phi) is 5.52. The summed E-state index contributed by atoms with van der Waals surface area (Å²) in [5.41, 5.74) is 2.08. The van der Waals surface area contributed by atoms with Crippen molar-refractivity contribution in [3.8, 4) is 0 Å². The molecule has 0 fully saturated rings. The zero-order valence-corrected chi connectivity index (χ0v) is 8.59. The third kappa shape index (κ3) is 3.69. The number of carbonyl (C=O) groups is 1. The van der Waals surface area contributed by atoms with Crippen molar-refractivity contribution in [1.82, 2.24) is 4.98 Å². The third-order valence-electron chi connectivity index (χ3n) is 1.41. The molecule has 1 heterocycles. The average Bonchev–Trinajstić information content (AvgIpc) is 2.14. The minimum absolute atomic E-state index is 0.630. The molecule has 0 unspecified atom stereocenters. The van der Waals surface area contributed by atoms with E-state index in [1.54, 1.807) is 6.20 Å². The monoisotopic (exact) mass is 180 g/mol. The second-order valence-corrected chi connectivity index (χ2v) is 2.44. The molecule has 0 aliphatic heterocycles. The van der Waals surface area contributed by atoms with Gasteiger partial charge in [0.2, 0.25) is 6.41 Å². The summed E-state index contributed by atoms with van der Waals surface area (Å²) in [6.07, 6.45) is 2.35. The van der Waals surface area contributed by atoms with Crippen LogP contribution in [-0.4, -0.2) is 11.4 Å². The van der Waals surface area contributed by atoms with Crippen LogP contribution in [0.15, 0.2) is 12.3 Å². The van der Waals surface area contributed by atoms with Crippen molar-refractivity contribution in [1.29, 1.82) is 0 Å². The maximum absolute atomic E-state index is 10.1. The first-order chi connectivity index (χ1) is 6.24. The minimum Gasteiger partial charge on any atom is -0.313 e. The number of rotatable bonds is 2. The first kappa shape index (κ1) is 11.6. The molecule has 0 saturated carbocycles. The van der Waals surface area contributed by atoms with E-state index < -0.39 is 0 Å². The Balaban J connectivity index is 0.000000671. The summed E-state index contributed by atoms with van der Waals surface area (Å²) in [4.78, 5) is 14.1. The van der Waals surface area contributed by atoms with Crippen LogP contribution >= 0.6 is 0 Å². The fraction of sp³-hybridized carbons (Fsp3) is 0.400. The summed E-state index contributed by atoms with van der Waals surface area (Å²) < 4.78 is 0. The molecule has 0 spiro atoms. The van der Waals surface area contributed by atoms with Crippen molar-refractivity contribution in [3.05, 3.63) is 23.4 Å². The Morgan fingerprint density at radius 3 is 2.46 bits per heavy atom. The van der Waals surface area contributed by atoms with Gasteiger partial charge in [-0.3, -0.25) is 4.79 Å². The molecule has 0 aliphatic rings. The molecule has 1 aromatic heterocycles. The van der Waals surface area contributed by atoms with Crippen molar-refractivity contribution in [2.75, 3.05) is 5.32 Å². The lowest BCUT2D eigenvalue weighted by molar-refractivity contribution is -0.105. The molecule has 0 radical (unpaired) electrons. The molecular formula is C10H16N2O. The summed E-state index contributed by atoms with van der Waals surface area (Å²) in [6, 6.07) is 1.97. The van der Waals surface area contributed by atoms with E-state index in [9.17, 15) is 4.79 Å². The summed E-state index contributed by atoms with van der Waals surface area (Å²) in [5.74, 6) is 0.630. The molecule has 0 aromatic carbocycles. The van der Waals surface area contributed by atoms with Gasteiger partial charge in [0.25, 0.3) is 0 Å². The van der Waals surface area contributed by atoms with Crippen molar-refractivity contribution in [2.24, 2.45) is 0 Å². The number of amides is 1. The van der Waals surface area contributed by atoms with E-state index >= 15 is 0 Å². The molecule has 3 nitrogen and oxygen atoms in total. The molecule has 72 valence electrons. The highest BCUT2D eigenvalue weighted by molar-refractivity contribution is 5.70. The van der Waals surface area contributed by atoms with Crippen LogP contribution in [0.1, 0.15) is 25.0 Å². The molecule has 1 rings (SSSR count). The Hall–Kier alpha value is -1.38.